The fraction of sp³-hybridized carbons (Fsp3) is 0.273. The second kappa shape index (κ2) is 21.6. The normalized spacial score (nSPS) is 18.4. The molecule has 82 heavy (non-hydrogen) atoms. The van der Waals surface area contributed by atoms with Gasteiger partial charge >= 0.3 is 23.9 Å². The molecule has 1 aliphatic carbocycles. The minimum absolute atomic E-state index is 0.205. The zero-order chi connectivity index (χ0) is 56.2. The summed E-state index contributed by atoms with van der Waals surface area (Å²) in [5, 5.41) is 7.15. The number of carbonyl (C=O) groups excluding carboxylic acids is 4. The van der Waals surface area contributed by atoms with Gasteiger partial charge in [-0.2, -0.15) is 0 Å². The third kappa shape index (κ3) is 9.21. The Morgan fingerprint density at radius 3 is 1.09 bits per heavy atom. The van der Waals surface area contributed by atoms with Gasteiger partial charge in [-0.1, -0.05) is 60.7 Å². The van der Waals surface area contributed by atoms with Crippen LogP contribution in [0.4, 0.5) is 0 Å². The van der Waals surface area contributed by atoms with Gasteiger partial charge in [0, 0.05) is 69.2 Å². The van der Waals surface area contributed by atoms with E-state index in [1.165, 1.54) is 14.2 Å². The van der Waals surface area contributed by atoms with Gasteiger partial charge in [-0.05, 0) is 130 Å². The molecule has 0 amide bonds. The lowest BCUT2D eigenvalue weighted by Gasteiger charge is -2.39. The number of allylic oxidation sites excluding steroid dienone is 2. The van der Waals surface area contributed by atoms with Crippen molar-refractivity contribution in [2.45, 2.75) is 63.9 Å². The standard InChI is InChI=1S/C66H56O16/c1-5-73-59(69)33-77-51-23-19-45-37-15-27-55-65(45)48-30-62(81-55)82-56-28-16-38-42(52(24-20-46(38)66(48)56)78-34-60(70)74-6-2)12-8-10-40-36-14-26-54-64(44(36)18-22-50(40)76-32-58(68)72-4)47-29-61(80-54)79-53-25-13-35-39(9-7-11-41(37)51)49(75-31-57(67)71-3)21-17-43(35)63(47)53/h7-8,11-28,47-48,61-62H,5-6,9-10,29-34H2,1-4H3/b11-7+,12-8+. The highest BCUT2D eigenvalue weighted by Gasteiger charge is 2.41. The molecule has 8 aromatic rings. The Kier molecular flexibility index (Phi) is 13.7. The molecule has 0 atom stereocenters. The summed E-state index contributed by atoms with van der Waals surface area (Å²) in [5.41, 5.74) is 6.93. The first-order valence-corrected chi connectivity index (χ1v) is 27.4. The maximum atomic E-state index is 12.9. The van der Waals surface area contributed by atoms with Crippen LogP contribution in [0.15, 0.2) is 109 Å². The average molecular weight is 1110 g/mol. The van der Waals surface area contributed by atoms with Gasteiger partial charge in [0.2, 0.25) is 12.6 Å². The predicted octanol–water partition coefficient (Wildman–Crippen LogP) is 11.4. The molecular formula is C66H56O16. The van der Waals surface area contributed by atoms with Gasteiger partial charge in [-0.15, -0.1) is 0 Å². The van der Waals surface area contributed by atoms with Crippen LogP contribution in [0, 0.1) is 0 Å². The molecule has 0 unspecified atom stereocenters. The van der Waals surface area contributed by atoms with Crippen LogP contribution in [0.1, 0.15) is 83.0 Å². The van der Waals surface area contributed by atoms with Gasteiger partial charge in [0.15, 0.2) is 26.4 Å². The second-order valence-corrected chi connectivity index (χ2v) is 20.4. The molecule has 0 aromatic heterocycles. The van der Waals surface area contributed by atoms with Gasteiger partial charge in [-0.25, -0.2) is 19.2 Å². The number of rotatable bonds is 14. The van der Waals surface area contributed by atoms with Crippen LogP contribution in [0.2, 0.25) is 0 Å². The lowest BCUT2D eigenvalue weighted by Crippen LogP contribution is -2.35. The van der Waals surface area contributed by atoms with Crippen LogP contribution in [-0.4, -0.2) is 90.3 Å². The molecule has 8 aromatic carbocycles. The van der Waals surface area contributed by atoms with Gasteiger partial charge in [0.25, 0.3) is 0 Å². The smallest absolute Gasteiger partial charge is 0.344 e. The van der Waals surface area contributed by atoms with Gasteiger partial charge < -0.3 is 56.8 Å². The predicted molar refractivity (Wildman–Crippen MR) is 304 cm³/mol. The van der Waals surface area contributed by atoms with E-state index in [9.17, 15) is 19.2 Å². The number of ether oxygens (including phenoxy) is 12. The molecule has 13 rings (SSSR count). The van der Waals surface area contributed by atoms with Gasteiger partial charge in [0.1, 0.15) is 46.0 Å². The summed E-state index contributed by atoms with van der Waals surface area (Å²) in [6.07, 6.45) is 8.65. The summed E-state index contributed by atoms with van der Waals surface area (Å²) in [6, 6.07) is 31.5. The van der Waals surface area contributed by atoms with Gasteiger partial charge in [0.05, 0.1) is 27.4 Å². The van der Waals surface area contributed by atoms with Crippen LogP contribution in [-0.2, 0) is 51.0 Å². The lowest BCUT2D eigenvalue weighted by molar-refractivity contribution is -0.146. The average Bonchev–Trinajstić information content (AvgIpc) is 1.27. The molecule has 16 nitrogen and oxygen atoms in total. The summed E-state index contributed by atoms with van der Waals surface area (Å²) in [6.45, 7) is 2.68. The molecule has 0 radical (unpaired) electrons. The van der Waals surface area contributed by atoms with Crippen LogP contribution < -0.4 is 37.9 Å². The summed E-state index contributed by atoms with van der Waals surface area (Å²) < 4.78 is 72.3. The number of hydrogen-bond donors (Lipinski definition) is 0. The van der Waals surface area contributed by atoms with Crippen LogP contribution in [0.3, 0.4) is 0 Å². The van der Waals surface area contributed by atoms with E-state index in [0.717, 1.165) is 87.6 Å². The Balaban J connectivity index is 1.06. The number of benzene rings is 8. The second-order valence-electron chi connectivity index (χ2n) is 20.4. The Morgan fingerprint density at radius 2 is 0.720 bits per heavy atom. The maximum Gasteiger partial charge on any atom is 0.344 e. The first-order valence-electron chi connectivity index (χ1n) is 27.4. The lowest BCUT2D eigenvalue weighted by atomic mass is 9.78. The molecule has 16 heteroatoms. The number of fused-ring (bicyclic) bond motifs is 2. The van der Waals surface area contributed by atoms with Crippen LogP contribution >= 0.6 is 0 Å². The van der Waals surface area contributed by atoms with Crippen LogP contribution in [0.5, 0.6) is 46.0 Å². The molecule has 0 spiro atoms. The number of carbonyl (C=O) groups is 4. The fourth-order valence-electron chi connectivity index (χ4n) is 12.5. The van der Waals surface area contributed by atoms with Crippen molar-refractivity contribution in [3.8, 4) is 46.0 Å². The number of esters is 4. The highest BCUT2D eigenvalue weighted by Crippen LogP contribution is 2.56. The molecule has 20 bridgehead atoms. The molecule has 4 heterocycles. The summed E-state index contributed by atoms with van der Waals surface area (Å²) in [5.74, 6) is 2.14. The molecule has 5 aliphatic rings. The Morgan fingerprint density at radius 1 is 0.402 bits per heavy atom. The van der Waals surface area contributed by atoms with E-state index in [-0.39, 0.29) is 51.5 Å². The molecule has 0 fully saturated rings. The molecular weight excluding hydrogens is 1050 g/mol. The summed E-state index contributed by atoms with van der Waals surface area (Å²) in [4.78, 5) is 51.0. The molecule has 0 saturated heterocycles. The Hall–Kier alpha value is -9.44. The topological polar surface area (TPSA) is 179 Å². The molecule has 416 valence electrons. The van der Waals surface area contributed by atoms with Crippen molar-refractivity contribution in [2.75, 3.05) is 53.9 Å². The van der Waals surface area contributed by atoms with Crippen molar-refractivity contribution < 1.29 is 76.0 Å². The Labute approximate surface area is 470 Å². The van der Waals surface area contributed by atoms with Crippen molar-refractivity contribution >= 4 is 79.1 Å². The van der Waals surface area contributed by atoms with Crippen LogP contribution in [0.25, 0.3) is 55.2 Å². The van der Waals surface area contributed by atoms with Crippen molar-refractivity contribution in [2.24, 2.45) is 0 Å². The largest absolute Gasteiger partial charge is 0.482 e. The molecule has 0 N–H and O–H groups in total. The highest BCUT2D eigenvalue weighted by atomic mass is 16.7. The third-order valence-electron chi connectivity index (χ3n) is 15.9. The Bertz CT molecular complexity index is 3770. The summed E-state index contributed by atoms with van der Waals surface area (Å²) in [7, 11) is 2.65. The van der Waals surface area contributed by atoms with E-state index in [1.54, 1.807) is 13.8 Å². The van der Waals surface area contributed by atoms with E-state index in [4.69, 9.17) is 56.8 Å². The SMILES string of the molecule is CCOC(=O)COc1ccc2c3c4ccc2c1/C=C/Cc1c(OCC(=O)OC)ccc2c5c(ccc12)OC1CC5c2c(ccc5c(c(OCC(=O)OC)ccc25)C/C=C/c2c(OCC(=O)OCC)ccc5c6c(ccc25)OC(CC36)O4)O1. The fourth-order valence-corrected chi connectivity index (χ4v) is 12.5. The first-order chi connectivity index (χ1) is 40.1. The molecule has 0 saturated carbocycles. The zero-order valence-electron chi connectivity index (χ0n) is 45.5. The van der Waals surface area contributed by atoms with E-state index in [2.05, 4.69) is 0 Å². The number of hydrogen-bond acceptors (Lipinski definition) is 16. The minimum Gasteiger partial charge on any atom is -0.482 e. The zero-order valence-corrected chi connectivity index (χ0v) is 45.5. The van der Waals surface area contributed by atoms with Crippen molar-refractivity contribution in [1.29, 1.82) is 0 Å². The maximum absolute atomic E-state index is 12.9. The van der Waals surface area contributed by atoms with Crippen molar-refractivity contribution in [3.63, 3.8) is 0 Å². The third-order valence-corrected chi connectivity index (χ3v) is 15.9. The minimum atomic E-state index is -0.566. The number of methoxy groups -OCH3 is 2. The van der Waals surface area contributed by atoms with E-state index < -0.39 is 36.5 Å². The van der Waals surface area contributed by atoms with E-state index in [1.807, 2.05) is 121 Å². The van der Waals surface area contributed by atoms with Crippen molar-refractivity contribution in [1.82, 2.24) is 0 Å². The highest BCUT2D eigenvalue weighted by molar-refractivity contribution is 6.02. The summed E-state index contributed by atoms with van der Waals surface area (Å²) >= 11 is 0. The first kappa shape index (κ1) is 52.0. The van der Waals surface area contributed by atoms with E-state index >= 15 is 0 Å². The molecule has 4 aliphatic heterocycles. The van der Waals surface area contributed by atoms with Gasteiger partial charge in [-0.3, -0.25) is 0 Å². The quantitative estimate of drug-likeness (QED) is 0.0741. The van der Waals surface area contributed by atoms with Crippen molar-refractivity contribution in [3.05, 3.63) is 154 Å². The monoisotopic (exact) mass is 1100 g/mol. The van der Waals surface area contributed by atoms with E-state index in [0.29, 0.717) is 71.7 Å².